The summed E-state index contributed by atoms with van der Waals surface area (Å²) < 4.78 is 11.2. The number of hydrogen-bond donors (Lipinski definition) is 2. The Labute approximate surface area is 184 Å². The van der Waals surface area contributed by atoms with Crippen LogP contribution in [0.3, 0.4) is 0 Å². The molecule has 2 heterocycles. The maximum atomic E-state index is 13.0. The van der Waals surface area contributed by atoms with Crippen LogP contribution < -0.4 is 20.1 Å². The summed E-state index contributed by atoms with van der Waals surface area (Å²) in [5, 5.41) is 5.50. The first-order chi connectivity index (χ1) is 14.8. The number of amides is 4. The summed E-state index contributed by atoms with van der Waals surface area (Å²) in [6, 6.07) is 10.3. The Morgan fingerprint density at radius 2 is 1.81 bits per heavy atom. The lowest BCUT2D eigenvalue weighted by Gasteiger charge is -2.23. The van der Waals surface area contributed by atoms with Crippen LogP contribution in [0.15, 0.2) is 41.3 Å². The Morgan fingerprint density at radius 3 is 2.45 bits per heavy atom. The van der Waals surface area contributed by atoms with Crippen molar-refractivity contribution in [3.05, 3.63) is 47.5 Å². The number of imide groups is 1. The lowest BCUT2D eigenvalue weighted by atomic mass is 9.91. The van der Waals surface area contributed by atoms with Gasteiger partial charge < -0.3 is 20.1 Å². The number of fused-ring (bicyclic) bond motifs is 1. The molecule has 4 rings (SSSR count). The molecule has 4 amide bonds. The van der Waals surface area contributed by atoms with Gasteiger partial charge in [-0.2, -0.15) is 0 Å². The first-order valence-corrected chi connectivity index (χ1v) is 11.0. The molecule has 8 nitrogen and oxygen atoms in total. The number of aryl methyl sites for hydroxylation is 1. The van der Waals surface area contributed by atoms with Gasteiger partial charge in [-0.3, -0.25) is 14.5 Å². The van der Waals surface area contributed by atoms with Gasteiger partial charge in [0.1, 0.15) is 25.3 Å². The van der Waals surface area contributed by atoms with E-state index in [0.29, 0.717) is 36.0 Å². The molecule has 2 aliphatic heterocycles. The standard InChI is InChI=1S/C22H23N3O5S/c1-13-4-6-14(7-5-13)22(2)20(27)25(21(28)24-22)12-19(26)23-15-10-16-17(11-18(15)31-3)30-9-8-29-16/h4-7,10-11H,8-9,12H2,1-3H3,(H,23,26)(H,24,28). The highest BCUT2D eigenvalue weighted by atomic mass is 32.2. The molecule has 162 valence electrons. The smallest absolute Gasteiger partial charge is 0.325 e. The molecule has 1 atom stereocenters. The fourth-order valence-electron chi connectivity index (χ4n) is 3.59. The van der Waals surface area contributed by atoms with Gasteiger partial charge in [-0.1, -0.05) is 29.8 Å². The molecule has 0 saturated carbocycles. The number of urea groups is 1. The number of nitrogens with one attached hydrogen (secondary N) is 2. The molecule has 2 N–H and O–H groups in total. The van der Waals surface area contributed by atoms with E-state index in [0.717, 1.165) is 15.4 Å². The van der Waals surface area contributed by atoms with E-state index in [1.807, 2.05) is 25.3 Å². The molecule has 1 unspecified atom stereocenters. The fraction of sp³-hybridized carbons (Fsp3) is 0.318. The van der Waals surface area contributed by atoms with Crippen molar-refractivity contribution < 1.29 is 23.9 Å². The van der Waals surface area contributed by atoms with Crippen LogP contribution in [0.4, 0.5) is 10.5 Å². The third-order valence-electron chi connectivity index (χ3n) is 5.34. The predicted molar refractivity (Wildman–Crippen MR) is 117 cm³/mol. The number of ether oxygens (including phenoxy) is 2. The van der Waals surface area contributed by atoms with Gasteiger partial charge in [0, 0.05) is 11.0 Å². The first-order valence-electron chi connectivity index (χ1n) is 9.80. The van der Waals surface area contributed by atoms with Gasteiger partial charge in [0.2, 0.25) is 5.91 Å². The van der Waals surface area contributed by atoms with E-state index in [1.54, 1.807) is 31.2 Å². The number of anilines is 1. The Morgan fingerprint density at radius 1 is 1.16 bits per heavy atom. The molecule has 9 heteroatoms. The maximum absolute atomic E-state index is 13.0. The molecule has 2 aliphatic rings. The number of hydrogen-bond acceptors (Lipinski definition) is 6. The van der Waals surface area contributed by atoms with E-state index in [4.69, 9.17) is 9.47 Å². The van der Waals surface area contributed by atoms with Crippen LogP contribution in [0.1, 0.15) is 18.1 Å². The predicted octanol–water partition coefficient (Wildman–Crippen LogP) is 2.89. The second kappa shape index (κ2) is 8.14. The molecule has 1 saturated heterocycles. The molecular formula is C22H23N3O5S. The van der Waals surface area contributed by atoms with Crippen molar-refractivity contribution in [1.82, 2.24) is 10.2 Å². The average molecular weight is 442 g/mol. The zero-order chi connectivity index (χ0) is 22.2. The van der Waals surface area contributed by atoms with Gasteiger partial charge in [0.05, 0.1) is 5.69 Å². The second-order valence-corrected chi connectivity index (χ2v) is 8.40. The average Bonchev–Trinajstić information content (AvgIpc) is 2.97. The summed E-state index contributed by atoms with van der Waals surface area (Å²) in [4.78, 5) is 40.0. The number of thioether (sulfide) groups is 1. The van der Waals surface area contributed by atoms with Crippen LogP contribution in [0.25, 0.3) is 0 Å². The van der Waals surface area contributed by atoms with Crippen molar-refractivity contribution >= 4 is 35.3 Å². The Bertz CT molecular complexity index is 1060. The van der Waals surface area contributed by atoms with Crippen molar-refractivity contribution in [2.75, 3.05) is 31.3 Å². The SMILES string of the molecule is CSc1cc2c(cc1NC(=O)CN1C(=O)NC(C)(c3ccc(C)cc3)C1=O)OCCO2. The molecule has 31 heavy (non-hydrogen) atoms. The minimum Gasteiger partial charge on any atom is -0.486 e. The van der Waals surface area contributed by atoms with Crippen molar-refractivity contribution in [3.8, 4) is 11.5 Å². The van der Waals surface area contributed by atoms with Gasteiger partial charge in [-0.15, -0.1) is 11.8 Å². The topological polar surface area (TPSA) is 97.0 Å². The van der Waals surface area contributed by atoms with Crippen LogP contribution in [0.2, 0.25) is 0 Å². The number of carbonyl (C=O) groups is 3. The third kappa shape index (κ3) is 3.93. The largest absolute Gasteiger partial charge is 0.486 e. The van der Waals surface area contributed by atoms with Gasteiger partial charge >= 0.3 is 6.03 Å². The number of carbonyl (C=O) groups excluding carboxylic acids is 3. The summed E-state index contributed by atoms with van der Waals surface area (Å²) in [5.74, 6) is 0.213. The minimum atomic E-state index is -1.22. The van der Waals surface area contributed by atoms with Gasteiger partial charge in [-0.25, -0.2) is 4.79 Å². The summed E-state index contributed by atoms with van der Waals surface area (Å²) in [6.45, 7) is 4.09. The van der Waals surface area contributed by atoms with Crippen LogP contribution in [-0.2, 0) is 15.1 Å². The summed E-state index contributed by atoms with van der Waals surface area (Å²) in [5.41, 5.74) is 1.03. The van der Waals surface area contributed by atoms with Crippen molar-refractivity contribution in [2.24, 2.45) is 0 Å². The molecule has 2 aromatic rings. The lowest BCUT2D eigenvalue weighted by Crippen LogP contribution is -2.42. The molecule has 0 spiro atoms. The summed E-state index contributed by atoms with van der Waals surface area (Å²) >= 11 is 1.44. The monoisotopic (exact) mass is 441 g/mol. The van der Waals surface area contributed by atoms with Gasteiger partial charge in [0.25, 0.3) is 5.91 Å². The van der Waals surface area contributed by atoms with Crippen LogP contribution in [-0.4, -0.2) is 48.8 Å². The van der Waals surface area contributed by atoms with E-state index in [9.17, 15) is 14.4 Å². The zero-order valence-electron chi connectivity index (χ0n) is 17.5. The highest BCUT2D eigenvalue weighted by Gasteiger charge is 2.49. The third-order valence-corrected chi connectivity index (χ3v) is 6.12. The second-order valence-electron chi connectivity index (χ2n) is 7.56. The van der Waals surface area contributed by atoms with E-state index in [1.165, 1.54) is 11.8 Å². The molecule has 0 aromatic heterocycles. The molecular weight excluding hydrogens is 418 g/mol. The van der Waals surface area contributed by atoms with Crippen LogP contribution >= 0.6 is 11.8 Å². The number of rotatable bonds is 5. The first kappa shape index (κ1) is 21.0. The highest BCUT2D eigenvalue weighted by Crippen LogP contribution is 2.39. The zero-order valence-corrected chi connectivity index (χ0v) is 18.3. The molecule has 1 fully saturated rings. The van der Waals surface area contributed by atoms with Crippen molar-refractivity contribution in [1.29, 1.82) is 0 Å². The Balaban J connectivity index is 1.51. The van der Waals surface area contributed by atoms with Crippen LogP contribution in [0.5, 0.6) is 11.5 Å². The van der Waals surface area contributed by atoms with Crippen molar-refractivity contribution in [2.45, 2.75) is 24.3 Å². The van der Waals surface area contributed by atoms with E-state index >= 15 is 0 Å². The highest BCUT2D eigenvalue weighted by molar-refractivity contribution is 7.98. The van der Waals surface area contributed by atoms with Crippen LogP contribution in [0, 0.1) is 6.92 Å². The van der Waals surface area contributed by atoms with E-state index in [2.05, 4.69) is 10.6 Å². The quantitative estimate of drug-likeness (QED) is 0.547. The lowest BCUT2D eigenvalue weighted by molar-refractivity contribution is -0.133. The molecule has 0 radical (unpaired) electrons. The van der Waals surface area contributed by atoms with E-state index in [-0.39, 0.29) is 0 Å². The van der Waals surface area contributed by atoms with Gasteiger partial charge in [0.15, 0.2) is 11.5 Å². The number of benzene rings is 2. The Hall–Kier alpha value is -3.20. The minimum absolute atomic E-state index is 0.394. The van der Waals surface area contributed by atoms with E-state index < -0.39 is 29.9 Å². The Kier molecular flexibility index (Phi) is 5.53. The fourth-order valence-corrected chi connectivity index (χ4v) is 4.15. The van der Waals surface area contributed by atoms with Crippen molar-refractivity contribution in [3.63, 3.8) is 0 Å². The molecule has 0 bridgehead atoms. The normalized spacial score (nSPS) is 19.9. The molecule has 0 aliphatic carbocycles. The maximum Gasteiger partial charge on any atom is 0.325 e. The summed E-state index contributed by atoms with van der Waals surface area (Å²) in [6.07, 6.45) is 1.88. The summed E-state index contributed by atoms with van der Waals surface area (Å²) in [7, 11) is 0. The number of nitrogens with zero attached hydrogens (tertiary/aromatic N) is 1. The molecule has 2 aromatic carbocycles. The van der Waals surface area contributed by atoms with Gasteiger partial charge in [-0.05, 0) is 31.7 Å².